The van der Waals surface area contributed by atoms with E-state index in [1.165, 1.54) is 5.56 Å². The van der Waals surface area contributed by atoms with Crippen LogP contribution in [0, 0.1) is 0 Å². The Morgan fingerprint density at radius 1 is 1.00 bits per heavy atom. The van der Waals surface area contributed by atoms with E-state index in [1.807, 2.05) is 23.9 Å². The molecule has 0 atom stereocenters. The number of hydrazine groups is 1. The van der Waals surface area contributed by atoms with Crippen LogP contribution in [0.25, 0.3) is 0 Å². The Labute approximate surface area is 136 Å². The van der Waals surface area contributed by atoms with E-state index in [0.29, 0.717) is 25.7 Å². The number of alkyl halides is 1. The fourth-order valence-corrected chi connectivity index (χ4v) is 2.32. The molecular formula is C14H25ClN2O3S. The zero-order chi connectivity index (χ0) is 15.8. The van der Waals surface area contributed by atoms with E-state index in [-0.39, 0.29) is 0 Å². The molecule has 5 nitrogen and oxygen atoms in total. The fraction of sp³-hybridized carbons (Fsp3) is 0.571. The molecule has 0 amide bonds. The lowest BCUT2D eigenvalue weighted by atomic mass is 10.2. The molecule has 21 heavy (non-hydrogen) atoms. The van der Waals surface area contributed by atoms with Gasteiger partial charge in [-0.05, 0) is 17.7 Å². The van der Waals surface area contributed by atoms with Gasteiger partial charge < -0.3 is 14.2 Å². The average Bonchev–Trinajstić information content (AvgIpc) is 2.56. The summed E-state index contributed by atoms with van der Waals surface area (Å²) in [5.41, 5.74) is 1.30. The standard InChI is InChI=1S/C14H21ClO3S.H4N2/c1-16-14-4-2-13(3-5-14)12-19-11-10-18-9-8-17-7-6-15;1-2/h2-5H,6-12H2,1H3;1-2H2. The van der Waals surface area contributed by atoms with Crippen molar-refractivity contribution in [3.63, 3.8) is 0 Å². The molecule has 0 fully saturated rings. The Morgan fingerprint density at radius 2 is 1.62 bits per heavy atom. The minimum absolute atomic E-state index is 0.539. The third-order valence-electron chi connectivity index (χ3n) is 2.39. The van der Waals surface area contributed by atoms with Gasteiger partial charge in [0.2, 0.25) is 0 Å². The maximum Gasteiger partial charge on any atom is 0.118 e. The second-order valence-electron chi connectivity index (χ2n) is 3.81. The van der Waals surface area contributed by atoms with Crippen LogP contribution >= 0.6 is 23.4 Å². The molecule has 0 unspecified atom stereocenters. The minimum Gasteiger partial charge on any atom is -0.497 e. The minimum atomic E-state index is 0.539. The first-order chi connectivity index (χ1) is 10.4. The van der Waals surface area contributed by atoms with Crippen molar-refractivity contribution in [2.24, 2.45) is 11.7 Å². The van der Waals surface area contributed by atoms with E-state index >= 15 is 0 Å². The van der Waals surface area contributed by atoms with Gasteiger partial charge >= 0.3 is 0 Å². The summed E-state index contributed by atoms with van der Waals surface area (Å²) in [5, 5.41) is 0. The van der Waals surface area contributed by atoms with Crippen LogP contribution < -0.4 is 16.4 Å². The summed E-state index contributed by atoms with van der Waals surface area (Å²) in [7, 11) is 1.68. The molecule has 1 aromatic carbocycles. The molecule has 122 valence electrons. The molecule has 0 aliphatic heterocycles. The zero-order valence-electron chi connectivity index (χ0n) is 12.4. The highest BCUT2D eigenvalue weighted by Gasteiger charge is 1.96. The quantitative estimate of drug-likeness (QED) is 0.278. The van der Waals surface area contributed by atoms with E-state index in [1.54, 1.807) is 7.11 Å². The number of halogens is 1. The topological polar surface area (TPSA) is 79.7 Å². The third kappa shape index (κ3) is 11.8. The molecule has 4 N–H and O–H groups in total. The Kier molecular flexibility index (Phi) is 15.5. The molecule has 0 saturated carbocycles. The summed E-state index contributed by atoms with van der Waals surface area (Å²) < 4.78 is 15.8. The first kappa shape index (κ1) is 20.5. The number of nitrogens with two attached hydrogens (primary N) is 2. The number of benzene rings is 1. The number of thioether (sulfide) groups is 1. The molecule has 1 aromatic rings. The van der Waals surface area contributed by atoms with Crippen molar-refractivity contribution in [2.45, 2.75) is 5.75 Å². The fourth-order valence-electron chi connectivity index (χ4n) is 1.41. The van der Waals surface area contributed by atoms with Gasteiger partial charge in [0.15, 0.2) is 0 Å². The van der Waals surface area contributed by atoms with Crippen molar-refractivity contribution in [1.29, 1.82) is 0 Å². The van der Waals surface area contributed by atoms with Crippen LogP contribution in [0.4, 0.5) is 0 Å². The van der Waals surface area contributed by atoms with Crippen molar-refractivity contribution < 1.29 is 14.2 Å². The molecular weight excluding hydrogens is 312 g/mol. The molecule has 0 aromatic heterocycles. The highest BCUT2D eigenvalue weighted by Crippen LogP contribution is 2.16. The van der Waals surface area contributed by atoms with E-state index in [2.05, 4.69) is 23.8 Å². The van der Waals surface area contributed by atoms with Gasteiger partial charge in [-0.2, -0.15) is 11.8 Å². The predicted octanol–water partition coefficient (Wildman–Crippen LogP) is 2.02. The molecule has 0 spiro atoms. The number of methoxy groups -OCH3 is 1. The first-order valence-corrected chi connectivity index (χ1v) is 8.31. The maximum atomic E-state index is 5.48. The van der Waals surface area contributed by atoms with Gasteiger partial charge in [-0.3, -0.25) is 11.7 Å². The molecule has 0 aliphatic carbocycles. The van der Waals surface area contributed by atoms with E-state index in [4.69, 9.17) is 25.8 Å². The number of ether oxygens (including phenoxy) is 3. The van der Waals surface area contributed by atoms with E-state index in [0.717, 1.165) is 23.9 Å². The van der Waals surface area contributed by atoms with Gasteiger partial charge in [-0.15, -0.1) is 11.6 Å². The number of hydrogen-bond acceptors (Lipinski definition) is 6. The van der Waals surface area contributed by atoms with Gasteiger partial charge in [-0.1, -0.05) is 12.1 Å². The Bertz CT molecular complexity index is 329. The summed E-state index contributed by atoms with van der Waals surface area (Å²) in [5.74, 6) is 11.4. The van der Waals surface area contributed by atoms with Crippen LogP contribution in [0.5, 0.6) is 5.75 Å². The molecule has 0 radical (unpaired) electrons. The van der Waals surface area contributed by atoms with E-state index < -0.39 is 0 Å². The SMILES string of the molecule is COc1ccc(CSCCOCCOCCCl)cc1.NN. The molecule has 1 rings (SSSR count). The van der Waals surface area contributed by atoms with Crippen LogP contribution in [-0.4, -0.2) is 45.2 Å². The highest BCUT2D eigenvalue weighted by molar-refractivity contribution is 7.98. The van der Waals surface area contributed by atoms with Crippen molar-refractivity contribution >= 4 is 23.4 Å². The van der Waals surface area contributed by atoms with E-state index in [9.17, 15) is 0 Å². The van der Waals surface area contributed by atoms with Crippen molar-refractivity contribution in [3.8, 4) is 5.75 Å². The summed E-state index contributed by atoms with van der Waals surface area (Å²) in [4.78, 5) is 0. The largest absolute Gasteiger partial charge is 0.497 e. The lowest BCUT2D eigenvalue weighted by molar-refractivity contribution is 0.0602. The Hall–Kier alpha value is -0.500. The second kappa shape index (κ2) is 15.9. The molecule has 7 heteroatoms. The molecule has 0 saturated heterocycles. The summed E-state index contributed by atoms with van der Waals surface area (Å²) in [6, 6.07) is 8.15. The van der Waals surface area contributed by atoms with Gasteiger partial charge in [0, 0.05) is 17.4 Å². The average molecular weight is 337 g/mol. The number of rotatable bonds is 11. The predicted molar refractivity (Wildman–Crippen MR) is 89.9 cm³/mol. The number of hydrogen-bond donors (Lipinski definition) is 2. The second-order valence-corrected chi connectivity index (χ2v) is 5.30. The normalized spacial score (nSPS) is 9.90. The Balaban J connectivity index is 0.00000191. The smallest absolute Gasteiger partial charge is 0.118 e. The zero-order valence-corrected chi connectivity index (χ0v) is 14.0. The first-order valence-electron chi connectivity index (χ1n) is 6.62. The molecule has 0 bridgehead atoms. The summed E-state index contributed by atoms with van der Waals surface area (Å²) >= 11 is 7.34. The Morgan fingerprint density at radius 3 is 2.19 bits per heavy atom. The third-order valence-corrected chi connectivity index (χ3v) is 3.54. The molecule has 0 aliphatic rings. The van der Waals surface area contributed by atoms with Crippen LogP contribution in [0.2, 0.25) is 0 Å². The van der Waals surface area contributed by atoms with Crippen molar-refractivity contribution in [3.05, 3.63) is 29.8 Å². The van der Waals surface area contributed by atoms with Gasteiger partial charge in [0.05, 0.1) is 33.5 Å². The van der Waals surface area contributed by atoms with Gasteiger partial charge in [-0.25, -0.2) is 0 Å². The summed E-state index contributed by atoms with van der Waals surface area (Å²) in [6.07, 6.45) is 0. The summed E-state index contributed by atoms with van der Waals surface area (Å²) in [6.45, 7) is 2.61. The van der Waals surface area contributed by atoms with Crippen LogP contribution in [0.15, 0.2) is 24.3 Å². The van der Waals surface area contributed by atoms with Gasteiger partial charge in [0.25, 0.3) is 0 Å². The molecule has 0 heterocycles. The van der Waals surface area contributed by atoms with Crippen molar-refractivity contribution in [2.75, 3.05) is 45.2 Å². The van der Waals surface area contributed by atoms with Gasteiger partial charge in [0.1, 0.15) is 5.75 Å². The lowest BCUT2D eigenvalue weighted by Crippen LogP contribution is -2.07. The highest BCUT2D eigenvalue weighted by atomic mass is 35.5. The van der Waals surface area contributed by atoms with Crippen LogP contribution in [0.1, 0.15) is 5.56 Å². The monoisotopic (exact) mass is 336 g/mol. The lowest BCUT2D eigenvalue weighted by Gasteiger charge is -2.05. The maximum absolute atomic E-state index is 5.48. The van der Waals surface area contributed by atoms with Crippen molar-refractivity contribution in [1.82, 2.24) is 0 Å². The van der Waals surface area contributed by atoms with Crippen LogP contribution in [0.3, 0.4) is 0 Å². The van der Waals surface area contributed by atoms with Crippen LogP contribution in [-0.2, 0) is 15.2 Å².